The Morgan fingerprint density at radius 3 is 3.15 bits per heavy atom. The maximum atomic E-state index is 12.4. The molecule has 0 saturated carbocycles. The zero-order valence-electron chi connectivity index (χ0n) is 11.7. The first-order valence-electron chi connectivity index (χ1n) is 7.09. The number of rotatable bonds is 3. The maximum Gasteiger partial charge on any atom is 0.242 e. The van der Waals surface area contributed by atoms with Gasteiger partial charge >= 0.3 is 0 Å². The summed E-state index contributed by atoms with van der Waals surface area (Å²) in [6, 6.07) is 5.79. The second kappa shape index (κ2) is 5.42. The number of likely N-dealkylation sites (tertiary alicyclic amines) is 1. The number of carbonyl (C=O) groups excluding carboxylic acids is 1. The van der Waals surface area contributed by atoms with Crippen LogP contribution < -0.4 is 11.1 Å². The van der Waals surface area contributed by atoms with Crippen LogP contribution >= 0.6 is 0 Å². The van der Waals surface area contributed by atoms with Gasteiger partial charge in [0.15, 0.2) is 0 Å². The number of ether oxygens (including phenoxy) is 1. The molecule has 0 aromatic heterocycles. The monoisotopic (exact) mass is 274 g/mol. The molecule has 2 aliphatic heterocycles. The van der Waals surface area contributed by atoms with Crippen molar-refractivity contribution < 1.29 is 9.53 Å². The van der Waals surface area contributed by atoms with E-state index >= 15 is 0 Å². The zero-order valence-corrected chi connectivity index (χ0v) is 11.7. The number of nitrogens with zero attached hydrogens (tertiary/aromatic N) is 1. The van der Waals surface area contributed by atoms with Gasteiger partial charge in [0.05, 0.1) is 24.0 Å². The van der Waals surface area contributed by atoms with E-state index in [0.29, 0.717) is 30.4 Å². The van der Waals surface area contributed by atoms with Crippen molar-refractivity contribution in [2.75, 3.05) is 25.6 Å². The summed E-state index contributed by atoms with van der Waals surface area (Å²) in [7, 11) is 1.71. The van der Waals surface area contributed by atoms with E-state index in [4.69, 9.17) is 10.5 Å². The van der Waals surface area contributed by atoms with Crippen molar-refractivity contribution in [3.63, 3.8) is 0 Å². The van der Waals surface area contributed by atoms with Crippen LogP contribution in [-0.4, -0.2) is 43.2 Å². The molecule has 1 amide bonds. The van der Waals surface area contributed by atoms with E-state index in [-0.39, 0.29) is 11.9 Å². The Morgan fingerprint density at radius 2 is 2.35 bits per heavy atom. The third-order valence-corrected chi connectivity index (χ3v) is 4.30. The molecule has 2 N–H and O–H groups in total. The van der Waals surface area contributed by atoms with Gasteiger partial charge in [0.1, 0.15) is 0 Å². The van der Waals surface area contributed by atoms with E-state index in [9.17, 15) is 4.79 Å². The molecule has 1 aromatic rings. The van der Waals surface area contributed by atoms with Crippen LogP contribution in [0.25, 0.3) is 0 Å². The Balaban J connectivity index is 1.83. The lowest BCUT2D eigenvalue weighted by atomic mass is 9.96. The minimum Gasteiger partial charge on any atom is -0.383 e. The van der Waals surface area contributed by atoms with Crippen LogP contribution in [0.4, 0.5) is 11.4 Å². The first kappa shape index (κ1) is 13.4. The molecule has 20 heavy (non-hydrogen) atoms. The third-order valence-electron chi connectivity index (χ3n) is 4.30. The summed E-state index contributed by atoms with van der Waals surface area (Å²) < 4.78 is 5.27. The molecule has 2 atom stereocenters. The molecule has 1 radical (unpaired) electrons. The average Bonchev–Trinajstić information content (AvgIpc) is 2.88. The molecule has 107 valence electrons. The van der Waals surface area contributed by atoms with Crippen molar-refractivity contribution >= 4 is 17.3 Å². The Morgan fingerprint density at radius 1 is 1.50 bits per heavy atom. The predicted molar refractivity (Wildman–Crippen MR) is 76.9 cm³/mol. The summed E-state index contributed by atoms with van der Waals surface area (Å²) in [5, 5.41) is 2.91. The minimum atomic E-state index is -0.132. The standard InChI is InChI=1S/C15H20N3O2/c1-20-9-11-5-3-7-18(11)13-8-10-4-2-6-12(16)14(10)17-15(13)19/h2,4,6,11,13,16H,3,5,7-9H2,1H3,(H,17,19)/t11-,13?/m0/s1. The van der Waals surface area contributed by atoms with Gasteiger partial charge in [0.2, 0.25) is 5.91 Å². The predicted octanol–water partition coefficient (Wildman–Crippen LogP) is 1.57. The Hall–Kier alpha value is -1.59. The highest BCUT2D eigenvalue weighted by Crippen LogP contribution is 2.33. The summed E-state index contributed by atoms with van der Waals surface area (Å²) in [4.78, 5) is 14.6. The fourth-order valence-electron chi connectivity index (χ4n) is 3.33. The van der Waals surface area contributed by atoms with Crippen LogP contribution in [0.15, 0.2) is 18.2 Å². The van der Waals surface area contributed by atoms with Gasteiger partial charge in [-0.25, -0.2) is 0 Å². The van der Waals surface area contributed by atoms with E-state index in [1.807, 2.05) is 12.1 Å². The summed E-state index contributed by atoms with van der Waals surface area (Å²) in [5.74, 6) is 0.0141. The summed E-state index contributed by atoms with van der Waals surface area (Å²) in [6.07, 6.45) is 2.89. The van der Waals surface area contributed by atoms with Crippen LogP contribution in [0.5, 0.6) is 0 Å². The molecule has 1 fully saturated rings. The number of fused-ring (bicyclic) bond motifs is 1. The van der Waals surface area contributed by atoms with Gasteiger partial charge in [-0.15, -0.1) is 0 Å². The minimum absolute atomic E-state index is 0.0141. The highest BCUT2D eigenvalue weighted by Gasteiger charge is 2.37. The second-order valence-electron chi connectivity index (χ2n) is 5.54. The topological polar surface area (TPSA) is 65.4 Å². The van der Waals surface area contributed by atoms with Crippen LogP contribution in [0.3, 0.4) is 0 Å². The molecule has 3 rings (SSSR count). The number of nitrogens with one attached hydrogen (secondary N) is 2. The SMILES string of the molecule is COC[C@@H]1CCCN1C1Cc2cccc([NH])c2NC1=O. The van der Waals surface area contributed by atoms with Crippen LogP contribution in [-0.2, 0) is 16.0 Å². The largest absolute Gasteiger partial charge is 0.383 e. The highest BCUT2D eigenvalue weighted by molar-refractivity contribution is 6.00. The Labute approximate surface area is 119 Å². The number of hydrogen-bond donors (Lipinski definition) is 1. The maximum absolute atomic E-state index is 12.4. The Kier molecular flexibility index (Phi) is 3.63. The number of para-hydroxylation sites is 1. The first-order valence-corrected chi connectivity index (χ1v) is 7.09. The molecule has 0 spiro atoms. The smallest absolute Gasteiger partial charge is 0.242 e. The number of anilines is 1. The summed E-state index contributed by atoms with van der Waals surface area (Å²) in [5.41, 5.74) is 10.0. The summed E-state index contributed by atoms with van der Waals surface area (Å²) >= 11 is 0. The first-order chi connectivity index (χ1) is 9.70. The highest BCUT2D eigenvalue weighted by atomic mass is 16.5. The third kappa shape index (κ3) is 2.27. The lowest BCUT2D eigenvalue weighted by molar-refractivity contribution is -0.122. The van der Waals surface area contributed by atoms with Crippen LogP contribution in [0.2, 0.25) is 0 Å². The van der Waals surface area contributed by atoms with Crippen molar-refractivity contribution in [1.82, 2.24) is 10.6 Å². The summed E-state index contributed by atoms with van der Waals surface area (Å²) in [6.45, 7) is 1.62. The molecule has 2 heterocycles. The number of hydrogen-bond acceptors (Lipinski definition) is 3. The number of methoxy groups -OCH3 is 1. The van der Waals surface area contributed by atoms with Gasteiger partial charge in [0, 0.05) is 13.2 Å². The van der Waals surface area contributed by atoms with Gasteiger partial charge < -0.3 is 10.1 Å². The van der Waals surface area contributed by atoms with E-state index < -0.39 is 0 Å². The fraction of sp³-hybridized carbons (Fsp3) is 0.533. The molecule has 5 heteroatoms. The quantitative estimate of drug-likeness (QED) is 0.910. The van der Waals surface area contributed by atoms with Crippen molar-refractivity contribution in [2.24, 2.45) is 0 Å². The lowest BCUT2D eigenvalue weighted by Crippen LogP contribution is -2.50. The van der Waals surface area contributed by atoms with Gasteiger partial charge in [0.25, 0.3) is 0 Å². The van der Waals surface area contributed by atoms with Gasteiger partial charge in [-0.1, -0.05) is 12.1 Å². The van der Waals surface area contributed by atoms with Gasteiger partial charge in [-0.05, 0) is 37.4 Å². The van der Waals surface area contributed by atoms with E-state index in [0.717, 1.165) is 24.9 Å². The molecule has 1 saturated heterocycles. The van der Waals surface area contributed by atoms with Crippen molar-refractivity contribution in [2.45, 2.75) is 31.3 Å². The second-order valence-corrected chi connectivity index (χ2v) is 5.54. The van der Waals surface area contributed by atoms with Gasteiger partial charge in [-0.2, -0.15) is 0 Å². The molecule has 5 nitrogen and oxygen atoms in total. The van der Waals surface area contributed by atoms with Crippen LogP contribution in [0.1, 0.15) is 18.4 Å². The zero-order chi connectivity index (χ0) is 14.1. The van der Waals surface area contributed by atoms with Gasteiger partial charge in [-0.3, -0.25) is 15.4 Å². The molecule has 0 aliphatic carbocycles. The average molecular weight is 274 g/mol. The van der Waals surface area contributed by atoms with Crippen molar-refractivity contribution in [1.29, 1.82) is 0 Å². The van der Waals surface area contributed by atoms with Crippen LogP contribution in [0, 0.1) is 0 Å². The molecule has 1 aromatic carbocycles. The molecular weight excluding hydrogens is 254 g/mol. The molecule has 1 unspecified atom stereocenters. The normalized spacial score (nSPS) is 26.4. The molecular formula is C15H20N3O2. The number of amides is 1. The van der Waals surface area contributed by atoms with E-state index in [1.165, 1.54) is 0 Å². The fourth-order valence-corrected chi connectivity index (χ4v) is 3.33. The molecule has 2 aliphatic rings. The van der Waals surface area contributed by atoms with Crippen molar-refractivity contribution in [3.8, 4) is 0 Å². The Bertz CT molecular complexity index is 518. The number of benzene rings is 1. The number of carbonyl (C=O) groups is 1. The van der Waals surface area contributed by atoms with E-state index in [1.54, 1.807) is 13.2 Å². The van der Waals surface area contributed by atoms with E-state index in [2.05, 4.69) is 10.2 Å². The van der Waals surface area contributed by atoms with Crippen molar-refractivity contribution in [3.05, 3.63) is 23.8 Å². The lowest BCUT2D eigenvalue weighted by Gasteiger charge is -2.35. The molecule has 0 bridgehead atoms.